The summed E-state index contributed by atoms with van der Waals surface area (Å²) in [6.45, 7) is 5.80. The molecule has 1 aliphatic heterocycles. The number of likely N-dealkylation sites (tertiary alicyclic amines) is 1. The van der Waals surface area contributed by atoms with Gasteiger partial charge >= 0.3 is 0 Å². The molecule has 0 bridgehead atoms. The third kappa shape index (κ3) is 5.85. The van der Waals surface area contributed by atoms with Gasteiger partial charge in [-0.3, -0.25) is 14.8 Å². The first-order valence-corrected chi connectivity index (χ1v) is 12.3. The predicted octanol–water partition coefficient (Wildman–Crippen LogP) is 3.36. The molecule has 0 aromatic carbocycles. The first-order valence-electron chi connectivity index (χ1n) is 12.3. The molecule has 5 heterocycles. The summed E-state index contributed by atoms with van der Waals surface area (Å²) in [7, 11) is 0. The van der Waals surface area contributed by atoms with Gasteiger partial charge in [0.15, 0.2) is 5.69 Å². The van der Waals surface area contributed by atoms with Crippen LogP contribution >= 0.6 is 0 Å². The number of amides is 1. The number of carbonyl (C=O) groups excluding carboxylic acids is 1. The van der Waals surface area contributed by atoms with Crippen molar-refractivity contribution in [1.82, 2.24) is 39.8 Å². The molecule has 4 aromatic heterocycles. The first kappa shape index (κ1) is 24.6. The van der Waals surface area contributed by atoms with E-state index in [1.54, 1.807) is 41.7 Å². The average molecular weight is 505 g/mol. The molecule has 4 aromatic rings. The van der Waals surface area contributed by atoms with Crippen LogP contribution < -0.4 is 10.6 Å². The lowest BCUT2D eigenvalue weighted by atomic mass is 10.1. The summed E-state index contributed by atoms with van der Waals surface area (Å²) in [6, 6.07) is 4.05. The lowest BCUT2D eigenvalue weighted by Crippen LogP contribution is -2.36. The van der Waals surface area contributed by atoms with Crippen LogP contribution in [0.4, 0.5) is 16.0 Å². The summed E-state index contributed by atoms with van der Waals surface area (Å²) in [5.41, 5.74) is 1.52. The predicted molar refractivity (Wildman–Crippen MR) is 138 cm³/mol. The fourth-order valence-corrected chi connectivity index (χ4v) is 4.37. The number of hydrogen-bond donors (Lipinski definition) is 2. The molecular formula is C25H29FN10O. The Bertz CT molecular complexity index is 1380. The molecule has 1 amide bonds. The zero-order valence-electron chi connectivity index (χ0n) is 20.8. The fourth-order valence-electron chi connectivity index (χ4n) is 4.37. The number of piperidine rings is 1. The molecule has 0 atom stereocenters. The van der Waals surface area contributed by atoms with Crippen molar-refractivity contribution in [3.05, 3.63) is 48.8 Å². The number of halogens is 1. The van der Waals surface area contributed by atoms with Crippen molar-refractivity contribution >= 4 is 28.3 Å². The number of anilines is 2. The smallest absolute Gasteiger partial charge is 0.278 e. The number of alkyl halides is 1. The molecule has 0 aliphatic carbocycles. The second-order valence-electron chi connectivity index (χ2n) is 9.37. The van der Waals surface area contributed by atoms with Crippen LogP contribution in [0.3, 0.4) is 0 Å². The van der Waals surface area contributed by atoms with Crippen LogP contribution in [-0.2, 0) is 0 Å². The zero-order valence-corrected chi connectivity index (χ0v) is 20.8. The van der Waals surface area contributed by atoms with E-state index >= 15 is 0 Å². The molecule has 0 unspecified atom stereocenters. The molecule has 1 fully saturated rings. The van der Waals surface area contributed by atoms with Crippen molar-refractivity contribution in [2.24, 2.45) is 0 Å². The van der Waals surface area contributed by atoms with E-state index in [-0.39, 0.29) is 30.4 Å². The number of aromatic nitrogens is 7. The van der Waals surface area contributed by atoms with Gasteiger partial charge in [0.25, 0.3) is 5.91 Å². The van der Waals surface area contributed by atoms with E-state index in [0.717, 1.165) is 36.7 Å². The van der Waals surface area contributed by atoms with Gasteiger partial charge in [-0.25, -0.2) is 19.0 Å². The van der Waals surface area contributed by atoms with Gasteiger partial charge in [0.1, 0.15) is 24.0 Å². The van der Waals surface area contributed by atoms with Crippen LogP contribution in [0.1, 0.15) is 43.2 Å². The lowest BCUT2D eigenvalue weighted by Gasteiger charge is -2.30. The number of nitrogens with zero attached hydrogens (tertiary/aromatic N) is 8. The normalized spacial score (nSPS) is 14.8. The van der Waals surface area contributed by atoms with E-state index in [1.165, 1.54) is 0 Å². The van der Waals surface area contributed by atoms with E-state index in [1.807, 2.05) is 19.9 Å². The maximum Gasteiger partial charge on any atom is 0.278 e. The highest BCUT2D eigenvalue weighted by Crippen LogP contribution is 2.24. The third-order valence-electron chi connectivity index (χ3n) is 6.25. The molecule has 0 saturated carbocycles. The van der Waals surface area contributed by atoms with Crippen molar-refractivity contribution in [1.29, 1.82) is 0 Å². The topological polar surface area (TPSA) is 127 Å². The molecule has 5 rings (SSSR count). The van der Waals surface area contributed by atoms with Gasteiger partial charge in [0.05, 0.1) is 30.3 Å². The molecule has 1 saturated heterocycles. The van der Waals surface area contributed by atoms with E-state index < -0.39 is 0 Å². The highest BCUT2D eigenvalue weighted by Gasteiger charge is 2.22. The van der Waals surface area contributed by atoms with Gasteiger partial charge in [-0.2, -0.15) is 0 Å². The van der Waals surface area contributed by atoms with Gasteiger partial charge in [-0.05, 0) is 44.2 Å². The highest BCUT2D eigenvalue weighted by molar-refractivity contribution is 6.03. The Balaban J connectivity index is 1.28. The molecule has 11 nitrogen and oxygen atoms in total. The Morgan fingerprint density at radius 3 is 2.65 bits per heavy atom. The van der Waals surface area contributed by atoms with Gasteiger partial charge in [0, 0.05) is 43.5 Å². The lowest BCUT2D eigenvalue weighted by molar-refractivity contribution is 0.102. The van der Waals surface area contributed by atoms with Crippen molar-refractivity contribution in [3.8, 4) is 11.4 Å². The van der Waals surface area contributed by atoms with Crippen LogP contribution in [0.5, 0.6) is 0 Å². The Labute approximate surface area is 213 Å². The standard InChI is InChI=1S/C25H29FN10O/c1-16(2)30-24-14-27-13-21(31-24)20-9-17-10-23(29-12-18(17)11-28-20)32-25(37)22-15-36(34-33-22)19-3-6-35(7-4-19)8-5-26/h9-16,19H,3-8H2,1-2H3,(H,30,31)(H,29,32,37). The SMILES string of the molecule is CC(C)Nc1cncc(-c2cc3cc(NC(=O)c4cn(C5CCN(CCF)CC5)nn4)ncc3cn2)n1. The number of fused-ring (bicyclic) bond motifs is 1. The first-order chi connectivity index (χ1) is 18.0. The zero-order chi connectivity index (χ0) is 25.8. The minimum atomic E-state index is -0.388. The molecular weight excluding hydrogens is 475 g/mol. The molecule has 0 spiro atoms. The minimum absolute atomic E-state index is 0.145. The largest absolute Gasteiger partial charge is 0.367 e. The molecule has 37 heavy (non-hydrogen) atoms. The van der Waals surface area contributed by atoms with Crippen LogP contribution in [0.2, 0.25) is 0 Å². The number of nitrogens with one attached hydrogen (secondary N) is 2. The molecule has 1 aliphatic rings. The summed E-state index contributed by atoms with van der Waals surface area (Å²) >= 11 is 0. The van der Waals surface area contributed by atoms with E-state index in [2.05, 4.69) is 45.8 Å². The fraction of sp³-hybridized carbons (Fsp3) is 0.400. The maximum absolute atomic E-state index is 12.8. The number of carbonyl (C=O) groups is 1. The summed E-state index contributed by atoms with van der Waals surface area (Å²) in [5, 5.41) is 15.9. The Morgan fingerprint density at radius 1 is 1.05 bits per heavy atom. The quantitative estimate of drug-likeness (QED) is 0.371. The summed E-state index contributed by atoms with van der Waals surface area (Å²) in [5.74, 6) is 0.682. The maximum atomic E-state index is 12.8. The van der Waals surface area contributed by atoms with Crippen LogP contribution in [0.15, 0.2) is 43.1 Å². The minimum Gasteiger partial charge on any atom is -0.367 e. The van der Waals surface area contributed by atoms with E-state index in [4.69, 9.17) is 0 Å². The van der Waals surface area contributed by atoms with Crippen molar-refractivity contribution in [3.63, 3.8) is 0 Å². The Kier molecular flexibility index (Phi) is 7.26. The van der Waals surface area contributed by atoms with Crippen LogP contribution in [0.25, 0.3) is 22.2 Å². The second kappa shape index (κ2) is 10.9. The molecule has 2 N–H and O–H groups in total. The van der Waals surface area contributed by atoms with Gasteiger partial charge < -0.3 is 15.5 Å². The summed E-state index contributed by atoms with van der Waals surface area (Å²) in [4.78, 5) is 32.6. The van der Waals surface area contributed by atoms with Crippen molar-refractivity contribution < 1.29 is 9.18 Å². The number of rotatable bonds is 8. The summed E-state index contributed by atoms with van der Waals surface area (Å²) in [6.07, 6.45) is 10.1. The third-order valence-corrected chi connectivity index (χ3v) is 6.25. The van der Waals surface area contributed by atoms with Crippen molar-refractivity contribution in [2.75, 3.05) is 36.9 Å². The van der Waals surface area contributed by atoms with E-state index in [0.29, 0.717) is 29.6 Å². The average Bonchev–Trinajstić information content (AvgIpc) is 3.39. The Morgan fingerprint density at radius 2 is 1.86 bits per heavy atom. The van der Waals surface area contributed by atoms with E-state index in [9.17, 15) is 9.18 Å². The van der Waals surface area contributed by atoms with Crippen LogP contribution in [-0.4, -0.2) is 78.1 Å². The number of hydrogen-bond acceptors (Lipinski definition) is 9. The summed E-state index contributed by atoms with van der Waals surface area (Å²) < 4.78 is 14.3. The molecule has 12 heteroatoms. The molecule has 0 radical (unpaired) electrons. The highest BCUT2D eigenvalue weighted by atomic mass is 19.1. The Hall–Kier alpha value is -4.06. The monoisotopic (exact) mass is 504 g/mol. The van der Waals surface area contributed by atoms with Crippen molar-refractivity contribution in [2.45, 2.75) is 38.8 Å². The van der Waals surface area contributed by atoms with Gasteiger partial charge in [0.2, 0.25) is 0 Å². The second-order valence-corrected chi connectivity index (χ2v) is 9.37. The molecule has 192 valence electrons. The van der Waals surface area contributed by atoms with Gasteiger partial charge in [-0.15, -0.1) is 5.10 Å². The van der Waals surface area contributed by atoms with Gasteiger partial charge in [-0.1, -0.05) is 5.21 Å². The van der Waals surface area contributed by atoms with Crippen LogP contribution in [0, 0.1) is 0 Å². The number of pyridine rings is 2.